The molecule has 0 spiro atoms. The molecule has 0 bridgehead atoms. The molecule has 1 saturated heterocycles. The van der Waals surface area contributed by atoms with E-state index in [9.17, 15) is 9.59 Å². The van der Waals surface area contributed by atoms with E-state index < -0.39 is 11.8 Å². The lowest BCUT2D eigenvalue weighted by atomic mass is 10.1. The van der Waals surface area contributed by atoms with Gasteiger partial charge in [-0.1, -0.05) is 39.1 Å². The second-order valence-corrected chi connectivity index (χ2v) is 8.41. The van der Waals surface area contributed by atoms with Crippen LogP contribution in [0.15, 0.2) is 69.1 Å². The van der Waals surface area contributed by atoms with Gasteiger partial charge in [0.25, 0.3) is 11.8 Å². The molecule has 1 fully saturated rings. The van der Waals surface area contributed by atoms with Gasteiger partial charge >= 0.3 is 0 Å². The Kier molecular flexibility index (Phi) is 5.79. The van der Waals surface area contributed by atoms with Gasteiger partial charge in [0, 0.05) is 15.1 Å². The number of halogens is 3. The summed E-state index contributed by atoms with van der Waals surface area (Å²) in [5, 5.41) is 3.48. The summed E-state index contributed by atoms with van der Waals surface area (Å²) in [6.07, 6.45) is 1.37. The van der Waals surface area contributed by atoms with Crippen molar-refractivity contribution in [2.75, 3.05) is 4.90 Å². The molecule has 4 rings (SSSR count). The Balaban J connectivity index is 1.68. The number of thiocarbonyl (C=S) groups is 1. The van der Waals surface area contributed by atoms with E-state index >= 15 is 0 Å². The first-order valence-electron chi connectivity index (χ1n) is 8.56. The van der Waals surface area contributed by atoms with Crippen LogP contribution in [0.4, 0.5) is 5.69 Å². The highest BCUT2D eigenvalue weighted by molar-refractivity contribution is 9.10. The average Bonchev–Trinajstić information content (AvgIpc) is 3.15. The molecular weight excluding hydrogens is 511 g/mol. The van der Waals surface area contributed by atoms with Crippen LogP contribution in [-0.4, -0.2) is 16.9 Å². The van der Waals surface area contributed by atoms with Gasteiger partial charge in [0.05, 0.1) is 10.7 Å². The fourth-order valence-corrected chi connectivity index (χ4v) is 3.94. The number of benzene rings is 2. The van der Waals surface area contributed by atoms with Gasteiger partial charge in [-0.2, -0.15) is 0 Å². The minimum absolute atomic E-state index is 0.0116. The normalized spacial score (nSPS) is 15.6. The third-order valence-corrected chi connectivity index (χ3v) is 5.66. The Morgan fingerprint density at radius 1 is 1.03 bits per heavy atom. The van der Waals surface area contributed by atoms with E-state index in [1.165, 1.54) is 11.0 Å². The van der Waals surface area contributed by atoms with Crippen molar-refractivity contribution in [3.8, 4) is 11.3 Å². The molecule has 150 valence electrons. The first kappa shape index (κ1) is 20.8. The highest BCUT2D eigenvalue weighted by Gasteiger charge is 2.34. The summed E-state index contributed by atoms with van der Waals surface area (Å²) in [5.74, 6) is -0.347. The predicted molar refractivity (Wildman–Crippen MR) is 125 cm³/mol. The topological polar surface area (TPSA) is 62.6 Å². The van der Waals surface area contributed by atoms with Gasteiger partial charge in [-0.15, -0.1) is 0 Å². The molecule has 0 saturated carbocycles. The van der Waals surface area contributed by atoms with Crippen LogP contribution in [0.2, 0.25) is 10.0 Å². The van der Waals surface area contributed by atoms with Crippen LogP contribution >= 0.6 is 51.3 Å². The van der Waals surface area contributed by atoms with Gasteiger partial charge in [0.15, 0.2) is 5.11 Å². The van der Waals surface area contributed by atoms with Crippen molar-refractivity contribution in [2.45, 2.75) is 0 Å². The minimum Gasteiger partial charge on any atom is -0.457 e. The molecule has 1 aromatic heterocycles. The highest BCUT2D eigenvalue weighted by atomic mass is 79.9. The first-order valence-corrected chi connectivity index (χ1v) is 10.5. The maximum atomic E-state index is 13.0. The van der Waals surface area contributed by atoms with E-state index in [-0.39, 0.29) is 10.7 Å². The lowest BCUT2D eigenvalue weighted by Crippen LogP contribution is -2.54. The van der Waals surface area contributed by atoms with Crippen LogP contribution < -0.4 is 10.2 Å². The molecule has 2 aromatic carbocycles. The summed E-state index contributed by atoms with van der Waals surface area (Å²) in [6.45, 7) is 0. The molecule has 2 heterocycles. The summed E-state index contributed by atoms with van der Waals surface area (Å²) in [7, 11) is 0. The molecule has 5 nitrogen and oxygen atoms in total. The highest BCUT2D eigenvalue weighted by Crippen LogP contribution is 2.32. The van der Waals surface area contributed by atoms with Gasteiger partial charge in [0.2, 0.25) is 0 Å². The third-order valence-electron chi connectivity index (χ3n) is 4.30. The largest absolute Gasteiger partial charge is 0.457 e. The molecule has 0 atom stereocenters. The van der Waals surface area contributed by atoms with E-state index in [0.29, 0.717) is 32.8 Å². The predicted octanol–water partition coefficient (Wildman–Crippen LogP) is 5.85. The molecule has 1 N–H and O–H groups in total. The van der Waals surface area contributed by atoms with Crippen LogP contribution in [-0.2, 0) is 9.59 Å². The minimum atomic E-state index is -0.596. The number of anilines is 1. The molecule has 30 heavy (non-hydrogen) atoms. The summed E-state index contributed by atoms with van der Waals surface area (Å²) < 4.78 is 6.63. The zero-order valence-electron chi connectivity index (χ0n) is 15.0. The maximum Gasteiger partial charge on any atom is 0.270 e. The van der Waals surface area contributed by atoms with Crippen LogP contribution in [0.25, 0.3) is 17.4 Å². The number of hydrogen-bond donors (Lipinski definition) is 1. The summed E-state index contributed by atoms with van der Waals surface area (Å²) >= 11 is 20.7. The first-order chi connectivity index (χ1) is 14.3. The van der Waals surface area contributed by atoms with E-state index in [0.717, 1.165) is 4.47 Å². The Labute approximate surface area is 195 Å². The average molecular weight is 522 g/mol. The van der Waals surface area contributed by atoms with E-state index in [4.69, 9.17) is 39.8 Å². The van der Waals surface area contributed by atoms with Crippen LogP contribution in [0.3, 0.4) is 0 Å². The van der Waals surface area contributed by atoms with E-state index in [1.54, 1.807) is 54.6 Å². The second-order valence-electron chi connectivity index (χ2n) is 6.26. The molecule has 1 aliphatic rings. The maximum absolute atomic E-state index is 13.0. The zero-order chi connectivity index (χ0) is 21.4. The van der Waals surface area contributed by atoms with Crippen molar-refractivity contribution in [1.82, 2.24) is 5.32 Å². The Hall–Kier alpha value is -2.45. The number of furan rings is 1. The summed E-state index contributed by atoms with van der Waals surface area (Å²) in [4.78, 5) is 26.7. The number of amides is 2. The molecule has 9 heteroatoms. The Bertz CT molecular complexity index is 1220. The fourth-order valence-electron chi connectivity index (χ4n) is 2.89. The number of nitrogens with zero attached hydrogens (tertiary/aromatic N) is 1. The summed E-state index contributed by atoms with van der Waals surface area (Å²) in [5.41, 5.74) is 1.07. The van der Waals surface area contributed by atoms with Crippen LogP contribution in [0, 0.1) is 0 Å². The quantitative estimate of drug-likeness (QED) is 0.267. The number of hydrogen-bond acceptors (Lipinski definition) is 4. The zero-order valence-corrected chi connectivity index (χ0v) is 18.9. The lowest BCUT2D eigenvalue weighted by molar-refractivity contribution is -0.122. The van der Waals surface area contributed by atoms with Crippen molar-refractivity contribution in [2.24, 2.45) is 0 Å². The number of rotatable bonds is 3. The van der Waals surface area contributed by atoms with Gasteiger partial charge < -0.3 is 4.42 Å². The van der Waals surface area contributed by atoms with Gasteiger partial charge in [-0.25, -0.2) is 0 Å². The number of nitrogens with one attached hydrogen (secondary N) is 1. The number of carbonyl (C=O) groups is 2. The SMILES string of the molecule is O=C1NC(=S)N(c2ccc(Br)cc2)C(=O)/C1=C\c1ccc(-c2ccc(Cl)cc2Cl)o1. The third kappa shape index (κ3) is 4.06. The Morgan fingerprint density at radius 3 is 2.47 bits per heavy atom. The van der Waals surface area contributed by atoms with E-state index in [2.05, 4.69) is 21.2 Å². The van der Waals surface area contributed by atoms with Crippen molar-refractivity contribution in [3.63, 3.8) is 0 Å². The van der Waals surface area contributed by atoms with Gasteiger partial charge in [-0.05, 0) is 72.9 Å². The van der Waals surface area contributed by atoms with Crippen molar-refractivity contribution in [3.05, 3.63) is 80.4 Å². The monoisotopic (exact) mass is 520 g/mol. The molecule has 2 amide bonds. The van der Waals surface area contributed by atoms with Crippen molar-refractivity contribution >= 4 is 80.0 Å². The smallest absolute Gasteiger partial charge is 0.270 e. The molecule has 0 aliphatic carbocycles. The van der Waals surface area contributed by atoms with E-state index in [1.807, 2.05) is 0 Å². The summed E-state index contributed by atoms with van der Waals surface area (Å²) in [6, 6.07) is 15.4. The Morgan fingerprint density at radius 2 is 1.77 bits per heavy atom. The van der Waals surface area contributed by atoms with Crippen LogP contribution in [0.1, 0.15) is 5.76 Å². The van der Waals surface area contributed by atoms with Crippen molar-refractivity contribution in [1.29, 1.82) is 0 Å². The molecular formula is C21H11BrCl2N2O3S. The standard InChI is InChI=1S/C21H11BrCl2N2O3S/c22-11-1-4-13(5-2-11)26-20(28)16(19(27)25-21(26)30)10-14-6-8-18(29-14)15-7-3-12(23)9-17(15)24/h1-10H,(H,25,27,30)/b16-10-. The number of carbonyl (C=O) groups excluding carboxylic acids is 2. The van der Waals surface area contributed by atoms with Crippen LogP contribution in [0.5, 0.6) is 0 Å². The fraction of sp³-hybridized carbons (Fsp3) is 0. The second kappa shape index (κ2) is 8.35. The van der Waals surface area contributed by atoms with Gasteiger partial charge in [0.1, 0.15) is 17.1 Å². The van der Waals surface area contributed by atoms with Crippen molar-refractivity contribution < 1.29 is 14.0 Å². The lowest BCUT2D eigenvalue weighted by Gasteiger charge is -2.28. The molecule has 1 aliphatic heterocycles. The van der Waals surface area contributed by atoms with Gasteiger partial charge in [-0.3, -0.25) is 19.8 Å². The molecule has 3 aromatic rings. The molecule has 0 unspecified atom stereocenters. The molecule has 0 radical (unpaired) electrons.